The number of rotatable bonds is 6. The SMILES string of the molecule is CC(=O)c1c(C)[nH]c(C(=O)OCC(=O)Nc2ccc(N3CCCC3)cc2)c1C. The average molecular weight is 383 g/mol. The Bertz CT molecular complexity index is 893. The Morgan fingerprint density at radius 1 is 1.11 bits per heavy atom. The second-order valence-electron chi connectivity index (χ2n) is 7.05. The third-order valence-electron chi connectivity index (χ3n) is 4.95. The summed E-state index contributed by atoms with van der Waals surface area (Å²) < 4.78 is 5.09. The van der Waals surface area contributed by atoms with Crippen LogP contribution in [0.4, 0.5) is 11.4 Å². The molecule has 0 radical (unpaired) electrons. The fourth-order valence-corrected chi connectivity index (χ4v) is 3.61. The van der Waals surface area contributed by atoms with Crippen molar-refractivity contribution in [3.8, 4) is 0 Å². The van der Waals surface area contributed by atoms with E-state index < -0.39 is 18.5 Å². The summed E-state index contributed by atoms with van der Waals surface area (Å²) >= 11 is 0. The second kappa shape index (κ2) is 8.29. The molecule has 7 heteroatoms. The number of nitrogens with zero attached hydrogens (tertiary/aromatic N) is 1. The van der Waals surface area contributed by atoms with Crippen LogP contribution in [0.3, 0.4) is 0 Å². The van der Waals surface area contributed by atoms with E-state index in [4.69, 9.17) is 4.74 Å². The zero-order chi connectivity index (χ0) is 20.3. The number of carbonyl (C=O) groups excluding carboxylic acids is 3. The molecule has 0 spiro atoms. The highest BCUT2D eigenvalue weighted by atomic mass is 16.5. The molecule has 28 heavy (non-hydrogen) atoms. The molecule has 2 N–H and O–H groups in total. The van der Waals surface area contributed by atoms with Crippen LogP contribution in [0.25, 0.3) is 0 Å². The molecule has 1 amide bonds. The summed E-state index contributed by atoms with van der Waals surface area (Å²) in [5, 5.41) is 2.72. The third kappa shape index (κ3) is 4.24. The molecular formula is C21H25N3O4. The van der Waals surface area contributed by atoms with Gasteiger partial charge in [0.2, 0.25) is 0 Å². The quantitative estimate of drug-likeness (QED) is 0.590. The number of aromatic nitrogens is 1. The number of ketones is 1. The van der Waals surface area contributed by atoms with E-state index in [1.54, 1.807) is 13.8 Å². The minimum absolute atomic E-state index is 0.125. The molecule has 148 valence electrons. The molecule has 0 aliphatic carbocycles. The number of hydrogen-bond donors (Lipinski definition) is 2. The molecule has 1 aromatic heterocycles. The molecule has 0 unspecified atom stereocenters. The summed E-state index contributed by atoms with van der Waals surface area (Å²) in [5.74, 6) is -1.21. The molecule has 2 heterocycles. The predicted octanol–water partition coefficient (Wildman–Crippen LogP) is 3.23. The van der Waals surface area contributed by atoms with Gasteiger partial charge in [0, 0.05) is 35.7 Å². The minimum atomic E-state index is -0.660. The van der Waals surface area contributed by atoms with E-state index in [0.29, 0.717) is 22.5 Å². The lowest BCUT2D eigenvalue weighted by Crippen LogP contribution is -2.21. The summed E-state index contributed by atoms with van der Waals surface area (Å²) in [5.41, 5.74) is 3.61. The molecule has 1 aliphatic heterocycles. The van der Waals surface area contributed by atoms with Crippen molar-refractivity contribution in [2.45, 2.75) is 33.6 Å². The standard InChI is InChI=1S/C21H25N3O4/c1-13-19(15(3)25)14(2)22-20(13)21(27)28-12-18(26)23-16-6-8-17(9-7-16)24-10-4-5-11-24/h6-9,22H,4-5,10-12H2,1-3H3,(H,23,26). The topological polar surface area (TPSA) is 91.5 Å². The van der Waals surface area contributed by atoms with Crippen LogP contribution in [0.2, 0.25) is 0 Å². The number of anilines is 2. The molecule has 3 rings (SSSR count). The smallest absolute Gasteiger partial charge is 0.355 e. The number of aromatic amines is 1. The molecule has 0 bridgehead atoms. The molecular weight excluding hydrogens is 358 g/mol. The lowest BCUT2D eigenvalue weighted by molar-refractivity contribution is -0.119. The highest BCUT2D eigenvalue weighted by Crippen LogP contribution is 2.22. The van der Waals surface area contributed by atoms with E-state index >= 15 is 0 Å². The van der Waals surface area contributed by atoms with Gasteiger partial charge >= 0.3 is 5.97 Å². The van der Waals surface area contributed by atoms with Gasteiger partial charge in [0.1, 0.15) is 5.69 Å². The van der Waals surface area contributed by atoms with E-state index in [0.717, 1.165) is 18.8 Å². The maximum Gasteiger partial charge on any atom is 0.355 e. The minimum Gasteiger partial charge on any atom is -0.451 e. The molecule has 0 saturated carbocycles. The van der Waals surface area contributed by atoms with Gasteiger partial charge < -0.3 is 19.9 Å². The highest BCUT2D eigenvalue weighted by molar-refractivity contribution is 6.01. The van der Waals surface area contributed by atoms with Crippen LogP contribution in [0.1, 0.15) is 51.9 Å². The van der Waals surface area contributed by atoms with E-state index in [1.165, 1.54) is 19.8 Å². The highest BCUT2D eigenvalue weighted by Gasteiger charge is 2.21. The molecule has 0 atom stereocenters. The molecule has 1 fully saturated rings. The Balaban J connectivity index is 1.55. The number of benzene rings is 1. The number of ether oxygens (including phenoxy) is 1. The number of carbonyl (C=O) groups is 3. The van der Waals surface area contributed by atoms with Gasteiger partial charge in [0.15, 0.2) is 12.4 Å². The van der Waals surface area contributed by atoms with Crippen LogP contribution in [0.15, 0.2) is 24.3 Å². The maximum absolute atomic E-state index is 12.3. The zero-order valence-corrected chi connectivity index (χ0v) is 16.4. The van der Waals surface area contributed by atoms with Gasteiger partial charge in [-0.1, -0.05) is 0 Å². The first-order valence-corrected chi connectivity index (χ1v) is 9.39. The Hall–Kier alpha value is -3.09. The number of nitrogens with one attached hydrogen (secondary N) is 2. The van der Waals surface area contributed by atoms with Gasteiger partial charge in [0.25, 0.3) is 5.91 Å². The fourth-order valence-electron chi connectivity index (χ4n) is 3.61. The molecule has 1 saturated heterocycles. The van der Waals surface area contributed by atoms with Crippen molar-refractivity contribution in [3.05, 3.63) is 46.8 Å². The largest absolute Gasteiger partial charge is 0.451 e. The number of Topliss-reactive ketones (excluding diaryl/α,β-unsaturated/α-hetero) is 1. The van der Waals surface area contributed by atoms with E-state index in [9.17, 15) is 14.4 Å². The van der Waals surface area contributed by atoms with Gasteiger partial charge in [-0.05, 0) is 63.4 Å². The van der Waals surface area contributed by atoms with Crippen LogP contribution >= 0.6 is 0 Å². The molecule has 2 aromatic rings. The van der Waals surface area contributed by atoms with Crippen LogP contribution in [0, 0.1) is 13.8 Å². The Morgan fingerprint density at radius 3 is 2.32 bits per heavy atom. The van der Waals surface area contributed by atoms with Crippen LogP contribution in [-0.2, 0) is 9.53 Å². The van der Waals surface area contributed by atoms with Gasteiger partial charge in [0.05, 0.1) is 0 Å². The summed E-state index contributed by atoms with van der Waals surface area (Å²) in [6.07, 6.45) is 2.41. The average Bonchev–Trinajstić information content (AvgIpc) is 3.28. The predicted molar refractivity (Wildman–Crippen MR) is 107 cm³/mol. The van der Waals surface area contributed by atoms with Crippen molar-refractivity contribution in [2.24, 2.45) is 0 Å². The molecule has 7 nitrogen and oxygen atoms in total. The first-order valence-electron chi connectivity index (χ1n) is 9.39. The van der Waals surface area contributed by atoms with Crippen molar-refractivity contribution in [1.29, 1.82) is 0 Å². The summed E-state index contributed by atoms with van der Waals surface area (Å²) in [6, 6.07) is 7.62. The van der Waals surface area contributed by atoms with Crippen LogP contribution < -0.4 is 10.2 Å². The number of hydrogen-bond acceptors (Lipinski definition) is 5. The van der Waals surface area contributed by atoms with E-state index in [1.807, 2.05) is 24.3 Å². The lowest BCUT2D eigenvalue weighted by Gasteiger charge is -2.17. The number of aryl methyl sites for hydroxylation is 1. The van der Waals surface area contributed by atoms with Gasteiger partial charge in [-0.3, -0.25) is 9.59 Å². The number of H-pyrrole nitrogens is 1. The van der Waals surface area contributed by atoms with Gasteiger partial charge in [-0.15, -0.1) is 0 Å². The lowest BCUT2D eigenvalue weighted by atomic mass is 10.1. The van der Waals surface area contributed by atoms with E-state index in [2.05, 4.69) is 15.2 Å². The first kappa shape index (κ1) is 19.7. The van der Waals surface area contributed by atoms with Crippen molar-refractivity contribution in [2.75, 3.05) is 29.9 Å². The Labute approximate surface area is 164 Å². The number of amides is 1. The summed E-state index contributed by atoms with van der Waals surface area (Å²) in [7, 11) is 0. The second-order valence-corrected chi connectivity index (χ2v) is 7.05. The normalized spacial score (nSPS) is 13.5. The van der Waals surface area contributed by atoms with Crippen molar-refractivity contribution in [3.63, 3.8) is 0 Å². The molecule has 1 aliphatic rings. The Kier molecular flexibility index (Phi) is 5.82. The van der Waals surface area contributed by atoms with Crippen LogP contribution in [-0.4, -0.2) is 42.3 Å². The summed E-state index contributed by atoms with van der Waals surface area (Å²) in [6.45, 7) is 6.56. The fraction of sp³-hybridized carbons (Fsp3) is 0.381. The van der Waals surface area contributed by atoms with Crippen LogP contribution in [0.5, 0.6) is 0 Å². The first-order chi connectivity index (χ1) is 13.4. The zero-order valence-electron chi connectivity index (χ0n) is 16.4. The maximum atomic E-state index is 12.3. The summed E-state index contributed by atoms with van der Waals surface area (Å²) in [4.78, 5) is 41.2. The third-order valence-corrected chi connectivity index (χ3v) is 4.95. The molecule has 1 aromatic carbocycles. The van der Waals surface area contributed by atoms with E-state index in [-0.39, 0.29) is 11.5 Å². The van der Waals surface area contributed by atoms with Crippen molar-refractivity contribution < 1.29 is 19.1 Å². The van der Waals surface area contributed by atoms with Crippen molar-refractivity contribution in [1.82, 2.24) is 4.98 Å². The van der Waals surface area contributed by atoms with Gasteiger partial charge in [-0.2, -0.15) is 0 Å². The van der Waals surface area contributed by atoms with Gasteiger partial charge in [-0.25, -0.2) is 4.79 Å². The number of esters is 1. The monoisotopic (exact) mass is 383 g/mol. The Morgan fingerprint density at radius 2 is 1.75 bits per heavy atom. The van der Waals surface area contributed by atoms with Crippen molar-refractivity contribution >= 4 is 29.0 Å².